The largest absolute Gasteiger partial charge is 0.500 e. The van der Waals surface area contributed by atoms with Gasteiger partial charge in [0.05, 0.1) is 41.2 Å². The second-order valence-electron chi connectivity index (χ2n) is 22.0. The Balaban J connectivity index is 1.02. The zero-order valence-electron chi connectivity index (χ0n) is 52.3. The molecular formula is C71H82O17SSi. The number of hydrogen-bond donors (Lipinski definition) is 2. The number of aromatic carboxylic acids is 2. The number of carbonyl (C=O) groups excluding carboxylic acids is 4. The van der Waals surface area contributed by atoms with E-state index in [0.29, 0.717) is 48.2 Å². The van der Waals surface area contributed by atoms with Crippen LogP contribution in [-0.2, 0) is 47.2 Å². The first-order valence-electron chi connectivity index (χ1n) is 30.6. The van der Waals surface area contributed by atoms with Gasteiger partial charge >= 0.3 is 38.7 Å². The number of rotatable bonds is 38. The predicted octanol–water partition coefficient (Wildman–Crippen LogP) is 13.7. The Bertz CT molecular complexity index is 3350. The van der Waals surface area contributed by atoms with E-state index in [1.54, 1.807) is 37.7 Å². The number of carbonyl (C=O) groups is 6. The third-order valence-electron chi connectivity index (χ3n) is 15.1. The smallest absolute Gasteiger partial charge is 0.490 e. The van der Waals surface area contributed by atoms with Crippen molar-refractivity contribution in [2.75, 3.05) is 57.8 Å². The molecule has 0 heterocycles. The van der Waals surface area contributed by atoms with Crippen molar-refractivity contribution in [3.05, 3.63) is 191 Å². The molecule has 90 heavy (non-hydrogen) atoms. The molecule has 6 aromatic carbocycles. The predicted molar refractivity (Wildman–Crippen MR) is 347 cm³/mol. The molecule has 0 spiro atoms. The fourth-order valence-corrected chi connectivity index (χ4v) is 14.5. The van der Waals surface area contributed by atoms with Crippen molar-refractivity contribution in [3.63, 3.8) is 0 Å². The number of benzene rings is 6. The average molecular weight is 1270 g/mol. The Morgan fingerprint density at radius 3 is 1.57 bits per heavy atom. The van der Waals surface area contributed by atoms with Crippen LogP contribution in [0, 0.1) is 5.92 Å². The molecule has 19 heteroatoms. The number of unbranched alkanes of at least 4 members (excludes halogenated alkanes) is 3. The SMILES string of the molecule is C=CC(=O)OC(COC(=O)c1cc(-c2ccc(C(=O)O)c(C(=O)C(C)C)c2)ccc1C(=O)O)COc1ccc(C2(c3ccc(OCC(COC(C)C)OC(=O)CCSCCCCCC[Si](OCC)(OCC)OCC)cc3)c3ccccc3-c3ccccc32)cc1. The van der Waals surface area contributed by atoms with Crippen molar-refractivity contribution in [1.82, 2.24) is 0 Å². The van der Waals surface area contributed by atoms with E-state index in [1.807, 2.05) is 95.3 Å². The topological polar surface area (TPSA) is 226 Å². The molecule has 0 radical (unpaired) electrons. The quantitative estimate of drug-likeness (QED) is 0.00916. The van der Waals surface area contributed by atoms with Gasteiger partial charge in [0, 0.05) is 49.2 Å². The van der Waals surface area contributed by atoms with Gasteiger partial charge < -0.3 is 51.9 Å². The van der Waals surface area contributed by atoms with Gasteiger partial charge in [-0.2, -0.15) is 11.8 Å². The minimum atomic E-state index is -2.63. The third-order valence-corrected chi connectivity index (χ3v) is 19.3. The number of Topliss-reactive ketones (excluding diaryl/α,β-unsaturated/α-hetero) is 1. The van der Waals surface area contributed by atoms with E-state index in [9.17, 15) is 39.0 Å². The van der Waals surface area contributed by atoms with E-state index in [0.717, 1.165) is 76.9 Å². The first-order chi connectivity index (χ1) is 43.4. The molecule has 6 aromatic rings. The highest BCUT2D eigenvalue weighted by Gasteiger charge is 2.46. The van der Waals surface area contributed by atoms with Crippen LogP contribution in [0.2, 0.25) is 6.04 Å². The number of esters is 3. The van der Waals surface area contributed by atoms with Crippen molar-refractivity contribution >= 4 is 56.2 Å². The van der Waals surface area contributed by atoms with Crippen LogP contribution in [0.3, 0.4) is 0 Å². The maximum Gasteiger partial charge on any atom is 0.500 e. The van der Waals surface area contributed by atoms with Crippen LogP contribution < -0.4 is 9.47 Å². The molecule has 0 saturated heterocycles. The number of carboxylic acids is 2. The van der Waals surface area contributed by atoms with Gasteiger partial charge in [-0.3, -0.25) is 9.59 Å². The summed E-state index contributed by atoms with van der Waals surface area (Å²) in [5.74, 6) is -3.26. The maximum absolute atomic E-state index is 13.8. The van der Waals surface area contributed by atoms with Crippen LogP contribution in [0.5, 0.6) is 11.5 Å². The summed E-state index contributed by atoms with van der Waals surface area (Å²) in [5, 5.41) is 19.9. The van der Waals surface area contributed by atoms with Crippen molar-refractivity contribution < 1.29 is 80.7 Å². The minimum Gasteiger partial charge on any atom is -0.490 e. The van der Waals surface area contributed by atoms with Gasteiger partial charge in [0.2, 0.25) is 0 Å². The van der Waals surface area contributed by atoms with Gasteiger partial charge in [-0.05, 0) is 146 Å². The molecule has 0 aliphatic heterocycles. The molecule has 2 N–H and O–H groups in total. The van der Waals surface area contributed by atoms with Crippen molar-refractivity contribution in [3.8, 4) is 33.8 Å². The number of ether oxygens (including phenoxy) is 6. The van der Waals surface area contributed by atoms with Gasteiger partial charge in [0.25, 0.3) is 0 Å². The number of ketones is 1. The molecule has 0 bridgehead atoms. The molecule has 0 saturated carbocycles. The van der Waals surface area contributed by atoms with E-state index in [1.165, 1.54) is 36.4 Å². The van der Waals surface area contributed by atoms with E-state index in [4.69, 9.17) is 41.7 Å². The van der Waals surface area contributed by atoms with Gasteiger partial charge in [0.15, 0.2) is 18.0 Å². The lowest BCUT2D eigenvalue weighted by Gasteiger charge is -2.34. The summed E-state index contributed by atoms with van der Waals surface area (Å²) in [6.45, 7) is 17.7. The Morgan fingerprint density at radius 2 is 1.07 bits per heavy atom. The van der Waals surface area contributed by atoms with E-state index >= 15 is 0 Å². The fourth-order valence-electron chi connectivity index (χ4n) is 10.9. The van der Waals surface area contributed by atoms with E-state index in [2.05, 4.69) is 30.8 Å². The number of hydrogen-bond acceptors (Lipinski definition) is 16. The summed E-state index contributed by atoms with van der Waals surface area (Å²) < 4.78 is 53.6. The van der Waals surface area contributed by atoms with E-state index < -0.39 is 68.6 Å². The zero-order valence-corrected chi connectivity index (χ0v) is 54.1. The molecule has 1 aliphatic rings. The lowest BCUT2D eigenvalue weighted by atomic mass is 9.68. The van der Waals surface area contributed by atoms with Gasteiger partial charge in [0.1, 0.15) is 31.3 Å². The molecule has 1 aliphatic carbocycles. The minimum absolute atomic E-state index is 0.0381. The summed E-state index contributed by atoms with van der Waals surface area (Å²) in [4.78, 5) is 77.1. The number of carboxylic acid groups (broad SMARTS) is 2. The Labute approximate surface area is 532 Å². The van der Waals surface area contributed by atoms with Crippen LogP contribution in [0.15, 0.2) is 146 Å². The van der Waals surface area contributed by atoms with Crippen molar-refractivity contribution in [1.29, 1.82) is 0 Å². The zero-order chi connectivity index (χ0) is 64.8. The van der Waals surface area contributed by atoms with Crippen LogP contribution in [-0.4, -0.2) is 131 Å². The van der Waals surface area contributed by atoms with Crippen LogP contribution in [0.4, 0.5) is 0 Å². The summed E-state index contributed by atoms with van der Waals surface area (Å²) in [5.41, 5.74) is 5.03. The highest BCUT2D eigenvalue weighted by atomic mass is 32.2. The van der Waals surface area contributed by atoms with Gasteiger partial charge in [-0.25, -0.2) is 19.2 Å². The first-order valence-corrected chi connectivity index (χ1v) is 33.7. The second-order valence-corrected chi connectivity index (χ2v) is 26.0. The van der Waals surface area contributed by atoms with Crippen LogP contribution >= 0.6 is 11.8 Å². The van der Waals surface area contributed by atoms with Crippen molar-refractivity contribution in [2.24, 2.45) is 5.92 Å². The summed E-state index contributed by atoms with van der Waals surface area (Å²) >= 11 is 1.74. The highest BCUT2D eigenvalue weighted by Crippen LogP contribution is 2.56. The fraction of sp³-hybridized carbons (Fsp3) is 0.380. The van der Waals surface area contributed by atoms with Gasteiger partial charge in [-0.15, -0.1) is 0 Å². The number of fused-ring (bicyclic) bond motifs is 3. The van der Waals surface area contributed by atoms with Gasteiger partial charge in [-0.1, -0.05) is 118 Å². The molecule has 0 aromatic heterocycles. The molecule has 17 nitrogen and oxygen atoms in total. The highest BCUT2D eigenvalue weighted by molar-refractivity contribution is 7.99. The lowest BCUT2D eigenvalue weighted by molar-refractivity contribution is -0.154. The van der Waals surface area contributed by atoms with E-state index in [-0.39, 0.29) is 60.6 Å². The lowest BCUT2D eigenvalue weighted by Crippen LogP contribution is -2.45. The molecule has 478 valence electrons. The summed E-state index contributed by atoms with van der Waals surface area (Å²) in [7, 11) is -2.63. The Kier molecular flexibility index (Phi) is 26.1. The average Bonchev–Trinajstić information content (AvgIpc) is 1.53. The summed E-state index contributed by atoms with van der Waals surface area (Å²) in [6.07, 6.45) is 3.47. The Morgan fingerprint density at radius 1 is 0.567 bits per heavy atom. The van der Waals surface area contributed by atoms with Crippen LogP contribution in [0.25, 0.3) is 22.3 Å². The molecule has 0 amide bonds. The standard InChI is InChI=1S/C71H82O17SSi/c1-9-65(72)87-56(46-83-70(79)62-42-50(26-36-60(62)69(77)78)49-25-35-59(68(75)76)61(41-49)67(74)47(5)6)45-82-54-33-29-52(30-34-54)71(63-23-17-15-21-57(63)58-22-16-18-24-64(58)71)51-27-31-53(32-28-51)81-44-55(43-80-48(7)8)88-66(73)37-39-89-38-19-13-14-20-40-90(84-10-2,85-11-3)86-12-4/h9,15-18,21-36,41-42,47-48,55-56H,1,10-14,19-20,37-40,43-46H2,2-8H3,(H,75,76)(H,77,78). The maximum atomic E-state index is 13.8. The first kappa shape index (κ1) is 69.6. The summed E-state index contributed by atoms with van der Waals surface area (Å²) in [6, 6.07) is 40.9. The molecule has 0 fully saturated rings. The monoisotopic (exact) mass is 1270 g/mol. The second kappa shape index (κ2) is 33.8. The normalized spacial score (nSPS) is 13.0. The number of thioether (sulfide) groups is 1. The molecule has 7 rings (SSSR count). The van der Waals surface area contributed by atoms with Crippen molar-refractivity contribution in [2.45, 2.75) is 110 Å². The molecule has 2 unspecified atom stereocenters. The molecular weight excluding hydrogens is 1180 g/mol. The Hall–Kier alpha value is -7.91. The molecule has 2 atom stereocenters. The van der Waals surface area contributed by atoms with Crippen LogP contribution in [0.1, 0.15) is 144 Å². The third kappa shape index (κ3) is 17.9.